The number of nitrogens with one attached hydrogen (secondary N) is 1. The van der Waals surface area contributed by atoms with Crippen molar-refractivity contribution in [3.05, 3.63) is 51.4 Å². The first kappa shape index (κ1) is 12.6. The van der Waals surface area contributed by atoms with Crippen molar-refractivity contribution in [2.45, 2.75) is 19.4 Å². The fourth-order valence-corrected chi connectivity index (χ4v) is 2.80. The molecule has 1 unspecified atom stereocenters. The molecule has 2 nitrogen and oxygen atoms in total. The van der Waals surface area contributed by atoms with E-state index >= 15 is 0 Å². The Hall–Kier alpha value is -0.900. The minimum absolute atomic E-state index is 0.333. The summed E-state index contributed by atoms with van der Waals surface area (Å²) < 4.78 is 0. The van der Waals surface area contributed by atoms with E-state index < -0.39 is 0 Å². The third-order valence-corrected chi connectivity index (χ3v) is 3.94. The largest absolute Gasteiger partial charge is 0.309 e. The lowest BCUT2D eigenvalue weighted by atomic mass is 10.1. The van der Waals surface area contributed by atoms with E-state index in [1.807, 2.05) is 6.07 Å². The topological polar surface area (TPSA) is 24.9 Å². The molecule has 0 bridgehead atoms. The van der Waals surface area contributed by atoms with Crippen LogP contribution in [0.15, 0.2) is 36.0 Å². The van der Waals surface area contributed by atoms with Crippen molar-refractivity contribution in [3.63, 3.8) is 0 Å². The monoisotopic (exact) mass is 266 g/mol. The first-order valence-corrected chi connectivity index (χ1v) is 6.92. The van der Waals surface area contributed by atoms with Crippen molar-refractivity contribution in [2.24, 2.45) is 0 Å². The lowest BCUT2D eigenvalue weighted by Gasteiger charge is -2.17. The maximum absolute atomic E-state index is 6.14. The van der Waals surface area contributed by atoms with Crippen LogP contribution in [0.4, 0.5) is 0 Å². The summed E-state index contributed by atoms with van der Waals surface area (Å²) in [5.41, 5.74) is 1.14. The molecule has 0 fully saturated rings. The summed E-state index contributed by atoms with van der Waals surface area (Å²) in [6, 6.07) is 6.56. The number of pyridine rings is 1. The van der Waals surface area contributed by atoms with Gasteiger partial charge in [-0.3, -0.25) is 4.98 Å². The summed E-state index contributed by atoms with van der Waals surface area (Å²) in [5, 5.41) is 6.34. The van der Waals surface area contributed by atoms with Crippen molar-refractivity contribution < 1.29 is 0 Å². The lowest BCUT2D eigenvalue weighted by Crippen LogP contribution is -2.22. The number of thiophene rings is 1. The van der Waals surface area contributed by atoms with E-state index in [0.29, 0.717) is 6.04 Å². The fourth-order valence-electron chi connectivity index (χ4n) is 1.80. The minimum Gasteiger partial charge on any atom is -0.309 e. The second-order valence-corrected chi connectivity index (χ2v) is 5.18. The molecule has 0 aliphatic heterocycles. The predicted octanol–water partition coefficient (Wildman–Crippen LogP) is 3.69. The van der Waals surface area contributed by atoms with E-state index in [4.69, 9.17) is 11.6 Å². The van der Waals surface area contributed by atoms with Crippen LogP contribution in [0.5, 0.6) is 0 Å². The van der Waals surface area contributed by atoms with Crippen LogP contribution in [-0.4, -0.2) is 11.5 Å². The molecule has 2 aromatic rings. The molecule has 0 spiro atoms. The zero-order valence-corrected chi connectivity index (χ0v) is 11.3. The Morgan fingerprint density at radius 1 is 1.47 bits per heavy atom. The highest BCUT2D eigenvalue weighted by atomic mass is 35.5. The predicted molar refractivity (Wildman–Crippen MR) is 73.7 cm³/mol. The van der Waals surface area contributed by atoms with Gasteiger partial charge in [-0.2, -0.15) is 0 Å². The van der Waals surface area contributed by atoms with Gasteiger partial charge in [0.05, 0.1) is 5.02 Å². The van der Waals surface area contributed by atoms with Gasteiger partial charge in [0.2, 0.25) is 0 Å². The molecule has 17 heavy (non-hydrogen) atoms. The molecule has 0 aliphatic carbocycles. The van der Waals surface area contributed by atoms with Crippen LogP contribution in [0.2, 0.25) is 5.02 Å². The average Bonchev–Trinajstić information content (AvgIpc) is 2.85. The number of hydrogen-bond donors (Lipinski definition) is 1. The van der Waals surface area contributed by atoms with Gasteiger partial charge in [0, 0.05) is 23.3 Å². The molecule has 2 aromatic heterocycles. The van der Waals surface area contributed by atoms with E-state index in [1.165, 1.54) is 4.88 Å². The van der Waals surface area contributed by atoms with E-state index in [9.17, 15) is 0 Å². The molecular weight excluding hydrogens is 252 g/mol. The van der Waals surface area contributed by atoms with E-state index in [1.54, 1.807) is 23.7 Å². The van der Waals surface area contributed by atoms with Crippen LogP contribution < -0.4 is 5.32 Å². The van der Waals surface area contributed by atoms with Gasteiger partial charge in [-0.25, -0.2) is 0 Å². The van der Waals surface area contributed by atoms with Crippen LogP contribution in [0.1, 0.15) is 23.4 Å². The van der Waals surface area contributed by atoms with Crippen LogP contribution in [-0.2, 0) is 6.42 Å². The summed E-state index contributed by atoms with van der Waals surface area (Å²) in [5.74, 6) is 0. The summed E-state index contributed by atoms with van der Waals surface area (Å²) >= 11 is 7.92. The Balaban J connectivity index is 2.16. The van der Waals surface area contributed by atoms with Gasteiger partial charge in [-0.05, 0) is 36.0 Å². The molecule has 4 heteroatoms. The zero-order chi connectivity index (χ0) is 12.1. The van der Waals surface area contributed by atoms with Crippen molar-refractivity contribution in [3.8, 4) is 0 Å². The van der Waals surface area contributed by atoms with Gasteiger partial charge in [-0.1, -0.05) is 24.6 Å². The number of nitrogens with zero attached hydrogens (tertiary/aromatic N) is 1. The molecule has 0 aromatic carbocycles. The highest BCUT2D eigenvalue weighted by Gasteiger charge is 2.13. The third kappa shape index (κ3) is 3.28. The van der Waals surface area contributed by atoms with Crippen LogP contribution in [0.25, 0.3) is 0 Å². The maximum atomic E-state index is 6.14. The Morgan fingerprint density at radius 3 is 3.00 bits per heavy atom. The summed E-state index contributed by atoms with van der Waals surface area (Å²) in [7, 11) is 0. The molecular formula is C13H15ClN2S. The number of hydrogen-bond acceptors (Lipinski definition) is 3. The van der Waals surface area contributed by atoms with Gasteiger partial charge < -0.3 is 5.32 Å². The Kier molecular flexibility index (Phi) is 4.54. The van der Waals surface area contributed by atoms with E-state index in [-0.39, 0.29) is 0 Å². The molecule has 1 N–H and O–H groups in total. The first-order chi connectivity index (χ1) is 8.31. The van der Waals surface area contributed by atoms with Gasteiger partial charge in [-0.15, -0.1) is 11.3 Å². The second-order valence-electron chi connectivity index (χ2n) is 3.80. The first-order valence-electron chi connectivity index (χ1n) is 5.66. The molecule has 0 saturated heterocycles. The molecule has 1 atom stereocenters. The average molecular weight is 267 g/mol. The zero-order valence-electron chi connectivity index (χ0n) is 9.69. The highest BCUT2D eigenvalue weighted by Crippen LogP contribution is 2.25. The van der Waals surface area contributed by atoms with E-state index in [2.05, 4.69) is 34.7 Å². The van der Waals surface area contributed by atoms with Gasteiger partial charge >= 0.3 is 0 Å². The third-order valence-electron chi connectivity index (χ3n) is 2.62. The van der Waals surface area contributed by atoms with E-state index in [0.717, 1.165) is 23.6 Å². The molecule has 0 amide bonds. The molecule has 0 aliphatic rings. The number of halogens is 1. The Morgan fingerprint density at radius 2 is 2.35 bits per heavy atom. The lowest BCUT2D eigenvalue weighted by molar-refractivity contribution is 0.558. The molecule has 90 valence electrons. The number of aromatic nitrogens is 1. The summed E-state index contributed by atoms with van der Waals surface area (Å²) in [4.78, 5) is 5.36. The van der Waals surface area contributed by atoms with Crippen molar-refractivity contribution in [1.82, 2.24) is 10.3 Å². The Labute approximate surface area is 111 Å². The van der Waals surface area contributed by atoms with Crippen molar-refractivity contribution in [2.75, 3.05) is 6.54 Å². The van der Waals surface area contributed by atoms with Crippen molar-refractivity contribution in [1.29, 1.82) is 0 Å². The van der Waals surface area contributed by atoms with Crippen LogP contribution >= 0.6 is 22.9 Å². The quantitative estimate of drug-likeness (QED) is 0.893. The SMILES string of the molecule is CCNC(Cc1ccncc1Cl)c1cccs1. The molecule has 0 saturated carbocycles. The van der Waals surface area contributed by atoms with Crippen LogP contribution in [0, 0.1) is 0 Å². The number of rotatable bonds is 5. The van der Waals surface area contributed by atoms with Crippen molar-refractivity contribution >= 4 is 22.9 Å². The standard InChI is InChI=1S/C13H15ClN2S/c1-2-16-12(13-4-3-7-17-13)8-10-5-6-15-9-11(10)14/h3-7,9,12,16H,2,8H2,1H3. The van der Waals surface area contributed by atoms with Crippen LogP contribution in [0.3, 0.4) is 0 Å². The maximum Gasteiger partial charge on any atom is 0.0622 e. The van der Waals surface area contributed by atoms with Gasteiger partial charge in [0.1, 0.15) is 0 Å². The minimum atomic E-state index is 0.333. The number of likely N-dealkylation sites (N-methyl/N-ethyl adjacent to an activating group) is 1. The summed E-state index contributed by atoms with van der Waals surface area (Å²) in [6.45, 7) is 3.07. The highest BCUT2D eigenvalue weighted by molar-refractivity contribution is 7.10. The molecule has 2 heterocycles. The summed E-state index contributed by atoms with van der Waals surface area (Å²) in [6.07, 6.45) is 4.39. The molecule has 0 radical (unpaired) electrons. The second kappa shape index (κ2) is 6.15. The molecule has 2 rings (SSSR count). The Bertz CT molecular complexity index is 456. The fraction of sp³-hybridized carbons (Fsp3) is 0.308. The van der Waals surface area contributed by atoms with Gasteiger partial charge in [0.15, 0.2) is 0 Å². The normalized spacial score (nSPS) is 12.6. The van der Waals surface area contributed by atoms with Gasteiger partial charge in [0.25, 0.3) is 0 Å². The smallest absolute Gasteiger partial charge is 0.0622 e.